The fourth-order valence-electron chi connectivity index (χ4n) is 12.5. The van der Waals surface area contributed by atoms with E-state index in [9.17, 15) is 35.2 Å². The van der Waals surface area contributed by atoms with Gasteiger partial charge in [-0.2, -0.15) is 5.10 Å². The van der Waals surface area contributed by atoms with E-state index in [1.54, 1.807) is 0 Å². The zero-order valence-corrected chi connectivity index (χ0v) is 28.0. The highest BCUT2D eigenvalue weighted by atomic mass is 16.6. The first-order valence-electron chi connectivity index (χ1n) is 17.1. The summed E-state index contributed by atoms with van der Waals surface area (Å²) < 4.78 is 0. The van der Waals surface area contributed by atoms with Crippen LogP contribution >= 0.6 is 0 Å². The summed E-state index contributed by atoms with van der Waals surface area (Å²) >= 11 is 0. The van der Waals surface area contributed by atoms with E-state index in [1.165, 1.54) is 12.1 Å². The highest BCUT2D eigenvalue weighted by Crippen LogP contribution is 2.77. The molecule has 0 spiro atoms. The normalized spacial score (nSPS) is 43.0. The number of fused-ring (bicyclic) bond motifs is 7. The van der Waals surface area contributed by atoms with Gasteiger partial charge in [-0.3, -0.25) is 30.4 Å². The number of aliphatic hydroxyl groups excluding tert-OH is 1. The number of hydrogen-bond donors (Lipinski definition) is 3. The van der Waals surface area contributed by atoms with Gasteiger partial charge in [0.2, 0.25) is 0 Å². The minimum absolute atomic E-state index is 0.0417. The molecule has 0 radical (unpaired) electrons. The van der Waals surface area contributed by atoms with Crippen LogP contribution < -0.4 is 5.43 Å². The topological polar surface area (TPSA) is 168 Å². The third-order valence-corrected chi connectivity index (χ3v) is 15.1. The third kappa shape index (κ3) is 4.39. The summed E-state index contributed by atoms with van der Waals surface area (Å²) in [4.78, 5) is 34.8. The number of nitrogens with zero attached hydrogens (tertiary/aromatic N) is 3. The third-order valence-electron chi connectivity index (χ3n) is 15.1. The summed E-state index contributed by atoms with van der Waals surface area (Å²) in [6.45, 7) is 13.8. The van der Waals surface area contributed by atoms with Crippen LogP contribution in [0.1, 0.15) is 106 Å². The van der Waals surface area contributed by atoms with E-state index in [0.29, 0.717) is 31.1 Å². The molecular weight excluding hydrogens is 588 g/mol. The Labute approximate surface area is 270 Å². The molecule has 3 N–H and O–H groups in total. The van der Waals surface area contributed by atoms with Gasteiger partial charge in [0.05, 0.1) is 27.4 Å². The maximum absolute atomic E-state index is 13.2. The quantitative estimate of drug-likeness (QED) is 0.161. The number of hydrogen-bond acceptors (Lipinski definition) is 8. The van der Waals surface area contributed by atoms with Crippen molar-refractivity contribution in [1.29, 1.82) is 0 Å². The molecule has 1 aromatic carbocycles. The number of aliphatic carboxylic acids is 1. The fraction of sp³-hybridized carbons (Fsp3) is 0.771. The molecule has 0 unspecified atom stereocenters. The van der Waals surface area contributed by atoms with Gasteiger partial charge in [-0.1, -0.05) is 34.6 Å². The van der Waals surface area contributed by atoms with Gasteiger partial charge in [0, 0.05) is 17.7 Å². The second kappa shape index (κ2) is 10.7. The molecule has 11 nitrogen and oxygen atoms in total. The molecule has 0 aromatic heterocycles. The van der Waals surface area contributed by atoms with Gasteiger partial charge in [-0.25, -0.2) is 0 Å². The standard InChI is InChI=1S/C35H50N4O7/c1-20(36-37-24-9-7-21(38(43)44)19-25(24)39(45)46)22-11-16-35(30(41)42)18-17-33(5)23(29(22)35)8-10-27-32(4)14-13-28(40)31(2,3)26(32)12-15-34(27,33)6/h7,9,19,22-23,26-29,37,40H,8,10-18H2,1-6H3,(H,41,42)/b36-20+/t22-,23+,26-,27+,28-,29+,32-,33+,34+,35-/m0/s1. The van der Waals surface area contributed by atoms with E-state index < -0.39 is 26.9 Å². The van der Waals surface area contributed by atoms with Gasteiger partial charge in [0.15, 0.2) is 0 Å². The first kappa shape index (κ1) is 32.8. The van der Waals surface area contributed by atoms with Crippen LogP contribution in [0.3, 0.4) is 0 Å². The SMILES string of the molecule is C/C(=N\Nc1ccc([N+](=O)[O-])cc1[N+](=O)[O-])[C@@H]1CC[C@]2(C(=O)O)CC[C@]3(C)[C@H](CC[C@@H]4[C@@]5(C)CC[C@H](O)C(C)(C)[C@@H]5CC[C@]43C)[C@@H]12. The molecule has 5 aliphatic carbocycles. The van der Waals surface area contributed by atoms with E-state index in [-0.39, 0.29) is 56.9 Å². The number of hydrazone groups is 1. The van der Waals surface area contributed by atoms with Crippen molar-refractivity contribution in [3.63, 3.8) is 0 Å². The van der Waals surface area contributed by atoms with Crippen molar-refractivity contribution in [1.82, 2.24) is 0 Å². The van der Waals surface area contributed by atoms with Gasteiger partial charge in [-0.05, 0) is 123 Å². The van der Waals surface area contributed by atoms with Crippen LogP contribution in [0.15, 0.2) is 23.3 Å². The molecule has 0 saturated heterocycles. The molecule has 10 atom stereocenters. The lowest BCUT2D eigenvalue weighted by Crippen LogP contribution is -2.67. The number of nitro benzene ring substituents is 2. The van der Waals surface area contributed by atoms with Crippen LogP contribution in [0.5, 0.6) is 0 Å². The molecular formula is C35H50N4O7. The first-order valence-corrected chi connectivity index (χ1v) is 17.1. The van der Waals surface area contributed by atoms with Crippen LogP contribution in [0, 0.1) is 76.9 Å². The number of nitro groups is 2. The van der Waals surface area contributed by atoms with Crippen molar-refractivity contribution in [2.75, 3.05) is 5.43 Å². The lowest BCUT2D eigenvalue weighted by Gasteiger charge is -2.72. The summed E-state index contributed by atoms with van der Waals surface area (Å²) in [5, 5.41) is 49.3. The lowest BCUT2D eigenvalue weighted by molar-refractivity contribution is -0.393. The fourth-order valence-corrected chi connectivity index (χ4v) is 12.5. The molecule has 5 aliphatic rings. The highest BCUT2D eigenvalue weighted by molar-refractivity contribution is 5.88. The number of aliphatic hydroxyl groups is 1. The second-order valence-corrected chi connectivity index (χ2v) is 16.8. The molecule has 5 saturated carbocycles. The Morgan fingerprint density at radius 2 is 1.61 bits per heavy atom. The highest BCUT2D eigenvalue weighted by Gasteiger charge is 2.72. The van der Waals surface area contributed by atoms with Crippen LogP contribution in [0.2, 0.25) is 0 Å². The average Bonchev–Trinajstić information content (AvgIpc) is 3.39. The summed E-state index contributed by atoms with van der Waals surface area (Å²) in [7, 11) is 0. The Morgan fingerprint density at radius 3 is 2.26 bits per heavy atom. The van der Waals surface area contributed by atoms with Crippen LogP contribution in [0.25, 0.3) is 0 Å². The van der Waals surface area contributed by atoms with Crippen LogP contribution in [0.4, 0.5) is 17.1 Å². The zero-order chi connectivity index (χ0) is 33.6. The molecule has 5 fully saturated rings. The lowest BCUT2D eigenvalue weighted by atomic mass is 9.32. The summed E-state index contributed by atoms with van der Waals surface area (Å²) in [5.41, 5.74) is 1.94. The second-order valence-electron chi connectivity index (χ2n) is 16.8. The monoisotopic (exact) mass is 638 g/mol. The molecule has 0 heterocycles. The molecule has 0 aliphatic heterocycles. The molecule has 6 rings (SSSR count). The average molecular weight is 639 g/mol. The van der Waals surface area contributed by atoms with Crippen molar-refractivity contribution in [2.45, 2.75) is 112 Å². The van der Waals surface area contributed by atoms with Crippen LogP contribution in [-0.2, 0) is 4.79 Å². The number of carboxylic acids is 1. The van der Waals surface area contributed by atoms with Crippen LogP contribution in [-0.4, -0.2) is 37.8 Å². The van der Waals surface area contributed by atoms with Crippen molar-refractivity contribution in [2.24, 2.45) is 61.8 Å². The van der Waals surface area contributed by atoms with Gasteiger partial charge in [0.1, 0.15) is 5.69 Å². The largest absolute Gasteiger partial charge is 0.481 e. The Hall–Kier alpha value is -3.08. The van der Waals surface area contributed by atoms with Gasteiger partial charge in [0.25, 0.3) is 5.69 Å². The molecule has 252 valence electrons. The Morgan fingerprint density at radius 1 is 0.891 bits per heavy atom. The molecule has 1 aromatic rings. The Kier molecular flexibility index (Phi) is 7.65. The van der Waals surface area contributed by atoms with E-state index in [1.807, 2.05) is 6.92 Å². The van der Waals surface area contributed by atoms with Crippen molar-refractivity contribution >= 4 is 28.7 Å². The van der Waals surface area contributed by atoms with Crippen molar-refractivity contribution in [3.05, 3.63) is 38.4 Å². The predicted molar refractivity (Wildman–Crippen MR) is 174 cm³/mol. The van der Waals surface area contributed by atoms with E-state index in [4.69, 9.17) is 0 Å². The summed E-state index contributed by atoms with van der Waals surface area (Å²) in [6.07, 6.45) is 8.55. The van der Waals surface area contributed by atoms with Gasteiger partial charge >= 0.3 is 11.7 Å². The van der Waals surface area contributed by atoms with E-state index in [0.717, 1.165) is 56.7 Å². The predicted octanol–water partition coefficient (Wildman–Crippen LogP) is 7.82. The summed E-state index contributed by atoms with van der Waals surface area (Å²) in [6, 6.07) is 3.43. The smallest absolute Gasteiger partial charge is 0.309 e. The molecule has 46 heavy (non-hydrogen) atoms. The number of carbonyl (C=O) groups is 1. The molecule has 11 heteroatoms. The Balaban J connectivity index is 1.34. The van der Waals surface area contributed by atoms with Gasteiger partial charge < -0.3 is 10.2 Å². The van der Waals surface area contributed by atoms with E-state index in [2.05, 4.69) is 45.1 Å². The Bertz CT molecular complexity index is 1490. The number of benzene rings is 1. The summed E-state index contributed by atoms with van der Waals surface area (Å²) in [5.74, 6) is 0.234. The van der Waals surface area contributed by atoms with Gasteiger partial charge in [-0.15, -0.1) is 0 Å². The first-order chi connectivity index (χ1) is 21.4. The number of non-ortho nitro benzene ring substituents is 1. The molecule has 0 amide bonds. The number of carboxylic acid groups (broad SMARTS) is 1. The number of anilines is 1. The maximum Gasteiger partial charge on any atom is 0.309 e. The minimum atomic E-state index is -0.827. The zero-order valence-electron chi connectivity index (χ0n) is 28.0. The number of nitrogens with one attached hydrogen (secondary N) is 1. The van der Waals surface area contributed by atoms with Crippen molar-refractivity contribution < 1.29 is 24.9 Å². The van der Waals surface area contributed by atoms with E-state index >= 15 is 0 Å². The minimum Gasteiger partial charge on any atom is -0.481 e. The maximum atomic E-state index is 13.2. The molecule has 0 bridgehead atoms. The van der Waals surface area contributed by atoms with Crippen molar-refractivity contribution in [3.8, 4) is 0 Å². The number of rotatable bonds is 6.